The number of nitrogens with one attached hydrogen (secondary N) is 1. The van der Waals surface area contributed by atoms with Crippen LogP contribution < -0.4 is 10.1 Å². The van der Waals surface area contributed by atoms with Crippen LogP contribution in [-0.4, -0.2) is 31.1 Å². The van der Waals surface area contributed by atoms with Crippen molar-refractivity contribution in [2.24, 2.45) is 5.41 Å². The number of benzene rings is 2. The molecule has 1 N–H and O–H groups in total. The first-order valence-electron chi connectivity index (χ1n) is 9.25. The summed E-state index contributed by atoms with van der Waals surface area (Å²) in [5, 5.41) is 3.45. The molecule has 3 rings (SSSR count). The van der Waals surface area contributed by atoms with Gasteiger partial charge in [0.25, 0.3) is 0 Å². The summed E-state index contributed by atoms with van der Waals surface area (Å²) in [5.74, 6) is 0.931. The topological polar surface area (TPSA) is 24.5 Å². The van der Waals surface area contributed by atoms with Gasteiger partial charge in [-0.3, -0.25) is 4.90 Å². The Labute approximate surface area is 176 Å². The average Bonchev–Trinajstić information content (AvgIpc) is 2.62. The van der Waals surface area contributed by atoms with Gasteiger partial charge in [0, 0.05) is 32.2 Å². The Hall–Kier alpha value is -1.26. The van der Waals surface area contributed by atoms with Crippen molar-refractivity contribution in [2.75, 3.05) is 26.2 Å². The summed E-state index contributed by atoms with van der Waals surface area (Å²) in [6.07, 6.45) is 0. The monoisotopic (exact) mass is 410 g/mol. The summed E-state index contributed by atoms with van der Waals surface area (Å²) >= 11 is 0. The molecule has 3 nitrogen and oxygen atoms in total. The summed E-state index contributed by atoms with van der Waals surface area (Å²) < 4.78 is 5.93. The molecule has 0 aliphatic carbocycles. The predicted molar refractivity (Wildman–Crippen MR) is 118 cm³/mol. The van der Waals surface area contributed by atoms with E-state index in [0.717, 1.165) is 31.9 Å². The third-order valence-electron chi connectivity index (χ3n) is 4.78. The summed E-state index contributed by atoms with van der Waals surface area (Å²) in [5.41, 5.74) is 2.77. The molecule has 0 bridgehead atoms. The fourth-order valence-corrected chi connectivity index (χ4v) is 3.69. The summed E-state index contributed by atoms with van der Waals surface area (Å²) in [6.45, 7) is 12.0. The van der Waals surface area contributed by atoms with Gasteiger partial charge < -0.3 is 10.1 Å². The largest absolute Gasteiger partial charge is 0.489 e. The van der Waals surface area contributed by atoms with Crippen molar-refractivity contribution in [1.82, 2.24) is 10.2 Å². The van der Waals surface area contributed by atoms with Crippen LogP contribution in [0.25, 0.3) is 0 Å². The third kappa shape index (κ3) is 6.69. The highest BCUT2D eigenvalue weighted by molar-refractivity contribution is 5.85. The molecule has 1 fully saturated rings. The lowest BCUT2D eigenvalue weighted by molar-refractivity contribution is 0.0862. The molecule has 0 unspecified atom stereocenters. The van der Waals surface area contributed by atoms with E-state index in [2.05, 4.69) is 67.4 Å². The van der Waals surface area contributed by atoms with E-state index in [1.54, 1.807) is 0 Å². The highest BCUT2D eigenvalue weighted by atomic mass is 35.5. The fourth-order valence-electron chi connectivity index (χ4n) is 3.69. The molecule has 2 aromatic rings. The second kappa shape index (κ2) is 10.9. The molecule has 1 atom stereocenters. The molecular formula is C22H32Cl2N2O. The maximum Gasteiger partial charge on any atom is 0.119 e. The quantitative estimate of drug-likeness (QED) is 0.741. The van der Waals surface area contributed by atoms with E-state index in [1.165, 1.54) is 11.1 Å². The van der Waals surface area contributed by atoms with Crippen molar-refractivity contribution in [2.45, 2.75) is 33.4 Å². The molecule has 0 spiro atoms. The minimum Gasteiger partial charge on any atom is -0.489 e. The number of halogens is 2. The fraction of sp³-hybridized carbons (Fsp3) is 0.455. The van der Waals surface area contributed by atoms with Crippen LogP contribution in [0.15, 0.2) is 54.6 Å². The van der Waals surface area contributed by atoms with Gasteiger partial charge in [-0.2, -0.15) is 0 Å². The normalized spacial score (nSPS) is 16.0. The van der Waals surface area contributed by atoms with Crippen molar-refractivity contribution >= 4 is 24.8 Å². The van der Waals surface area contributed by atoms with Crippen molar-refractivity contribution < 1.29 is 4.74 Å². The molecule has 0 saturated carbocycles. The van der Waals surface area contributed by atoms with Crippen LogP contribution in [0.4, 0.5) is 0 Å². The van der Waals surface area contributed by atoms with Gasteiger partial charge in [0.1, 0.15) is 12.4 Å². The zero-order chi connectivity index (χ0) is 17.7. The van der Waals surface area contributed by atoms with E-state index in [0.29, 0.717) is 12.6 Å². The van der Waals surface area contributed by atoms with Crippen molar-refractivity contribution in [3.8, 4) is 5.75 Å². The minimum absolute atomic E-state index is 0. The zero-order valence-corrected chi connectivity index (χ0v) is 18.1. The molecule has 0 aromatic heterocycles. The Morgan fingerprint density at radius 3 is 2.07 bits per heavy atom. The Bertz CT molecular complexity index is 650. The number of hydrogen-bond donors (Lipinski definition) is 1. The molecule has 0 radical (unpaired) electrons. The van der Waals surface area contributed by atoms with E-state index < -0.39 is 0 Å². The van der Waals surface area contributed by atoms with Gasteiger partial charge in [-0.15, -0.1) is 24.8 Å². The predicted octanol–water partition coefficient (Wildman–Crippen LogP) is 5.10. The zero-order valence-electron chi connectivity index (χ0n) is 16.5. The van der Waals surface area contributed by atoms with Crippen LogP contribution in [-0.2, 0) is 6.61 Å². The van der Waals surface area contributed by atoms with Gasteiger partial charge in [0.05, 0.1) is 0 Å². The number of rotatable bonds is 5. The van der Waals surface area contributed by atoms with Gasteiger partial charge in [-0.25, -0.2) is 0 Å². The van der Waals surface area contributed by atoms with Gasteiger partial charge in [-0.05, 0) is 28.7 Å². The highest BCUT2D eigenvalue weighted by Crippen LogP contribution is 2.38. The Morgan fingerprint density at radius 2 is 1.52 bits per heavy atom. The molecular weight excluding hydrogens is 379 g/mol. The van der Waals surface area contributed by atoms with Gasteiger partial charge in [0.15, 0.2) is 0 Å². The number of hydrogen-bond acceptors (Lipinski definition) is 3. The van der Waals surface area contributed by atoms with E-state index in [-0.39, 0.29) is 30.2 Å². The van der Waals surface area contributed by atoms with Gasteiger partial charge >= 0.3 is 0 Å². The Kier molecular flexibility index (Phi) is 9.61. The van der Waals surface area contributed by atoms with Crippen LogP contribution in [0.3, 0.4) is 0 Å². The Balaban J connectivity index is 0.00000182. The molecule has 1 heterocycles. The van der Waals surface area contributed by atoms with E-state index in [9.17, 15) is 0 Å². The number of ether oxygens (including phenoxy) is 1. The summed E-state index contributed by atoms with van der Waals surface area (Å²) in [6, 6.07) is 19.4. The smallest absolute Gasteiger partial charge is 0.119 e. The molecule has 150 valence electrons. The number of piperazine rings is 1. The second-order valence-corrected chi connectivity index (χ2v) is 7.90. The summed E-state index contributed by atoms with van der Waals surface area (Å²) in [7, 11) is 0. The summed E-state index contributed by atoms with van der Waals surface area (Å²) in [4.78, 5) is 2.61. The van der Waals surface area contributed by atoms with Crippen LogP contribution in [0.5, 0.6) is 5.75 Å². The molecule has 5 heteroatoms. The SMILES string of the molecule is CC(C)(C)[C@@H](c1ccc(OCc2ccccc2)cc1)N1CCNCC1.Cl.Cl. The van der Waals surface area contributed by atoms with Crippen molar-refractivity contribution in [3.63, 3.8) is 0 Å². The first-order valence-corrected chi connectivity index (χ1v) is 9.25. The first kappa shape index (κ1) is 23.8. The molecule has 27 heavy (non-hydrogen) atoms. The molecule has 0 amide bonds. The maximum atomic E-state index is 5.93. The molecule has 2 aromatic carbocycles. The van der Waals surface area contributed by atoms with Gasteiger partial charge in [-0.1, -0.05) is 63.2 Å². The lowest BCUT2D eigenvalue weighted by Crippen LogP contribution is -2.48. The van der Waals surface area contributed by atoms with Crippen LogP contribution in [0, 0.1) is 5.41 Å². The number of nitrogens with zero attached hydrogens (tertiary/aromatic N) is 1. The second-order valence-electron chi connectivity index (χ2n) is 7.90. The highest BCUT2D eigenvalue weighted by Gasteiger charge is 2.32. The maximum absolute atomic E-state index is 5.93. The average molecular weight is 411 g/mol. The first-order chi connectivity index (χ1) is 12.0. The lowest BCUT2D eigenvalue weighted by Gasteiger charge is -2.42. The van der Waals surface area contributed by atoms with Crippen LogP contribution in [0.2, 0.25) is 0 Å². The van der Waals surface area contributed by atoms with Crippen LogP contribution in [0.1, 0.15) is 37.9 Å². The molecule has 1 aliphatic rings. The van der Waals surface area contributed by atoms with Crippen molar-refractivity contribution in [1.29, 1.82) is 0 Å². The third-order valence-corrected chi connectivity index (χ3v) is 4.78. The van der Waals surface area contributed by atoms with Gasteiger partial charge in [0.2, 0.25) is 0 Å². The van der Waals surface area contributed by atoms with E-state index in [1.807, 2.05) is 18.2 Å². The van der Waals surface area contributed by atoms with E-state index >= 15 is 0 Å². The minimum atomic E-state index is 0. The van der Waals surface area contributed by atoms with Crippen molar-refractivity contribution in [3.05, 3.63) is 65.7 Å². The lowest BCUT2D eigenvalue weighted by atomic mass is 9.81. The Morgan fingerprint density at radius 1 is 0.926 bits per heavy atom. The molecule has 1 saturated heterocycles. The molecule has 1 aliphatic heterocycles. The van der Waals surface area contributed by atoms with Crippen LogP contribution >= 0.6 is 24.8 Å². The van der Waals surface area contributed by atoms with E-state index in [4.69, 9.17) is 4.74 Å². The standard InChI is InChI=1S/C22H30N2O.2ClH/c1-22(2,3)21(24-15-13-23-14-16-24)19-9-11-20(12-10-19)25-17-18-7-5-4-6-8-18;;/h4-12,21,23H,13-17H2,1-3H3;2*1H/t21-;;/m1../s1.